The molecule has 1 amide bonds. The molecule has 128 valence electrons. The van der Waals surface area contributed by atoms with E-state index in [0.717, 1.165) is 34.3 Å². The van der Waals surface area contributed by atoms with Crippen molar-refractivity contribution < 1.29 is 4.79 Å². The van der Waals surface area contributed by atoms with Gasteiger partial charge in [0.05, 0.1) is 11.4 Å². The van der Waals surface area contributed by atoms with Gasteiger partial charge in [0.25, 0.3) is 5.91 Å². The number of nitrogens with zero attached hydrogens (tertiary/aromatic N) is 4. The second-order valence-electron chi connectivity index (χ2n) is 5.74. The quantitative estimate of drug-likeness (QED) is 0.524. The molecule has 0 atom stereocenters. The maximum Gasteiger partial charge on any atom is 0.276 e. The van der Waals surface area contributed by atoms with E-state index < -0.39 is 0 Å². The van der Waals surface area contributed by atoms with Crippen molar-refractivity contribution in [2.24, 2.45) is 0 Å². The average Bonchev–Trinajstić information content (AvgIpc) is 3.23. The molecule has 0 bridgehead atoms. The van der Waals surface area contributed by atoms with Gasteiger partial charge in [-0.3, -0.25) is 10.1 Å². The van der Waals surface area contributed by atoms with Crippen molar-refractivity contribution >= 4 is 34.1 Å². The molecule has 25 heavy (non-hydrogen) atoms. The van der Waals surface area contributed by atoms with E-state index in [9.17, 15) is 4.79 Å². The lowest BCUT2D eigenvalue weighted by Crippen LogP contribution is -2.16. The van der Waals surface area contributed by atoms with E-state index in [1.807, 2.05) is 36.4 Å². The van der Waals surface area contributed by atoms with E-state index in [1.54, 1.807) is 16.4 Å². The van der Waals surface area contributed by atoms with Gasteiger partial charge in [0, 0.05) is 5.92 Å². The number of aromatic nitrogens is 4. The summed E-state index contributed by atoms with van der Waals surface area (Å²) >= 11 is 3.00. The molecule has 0 spiro atoms. The van der Waals surface area contributed by atoms with E-state index >= 15 is 0 Å². The lowest BCUT2D eigenvalue weighted by atomic mass is 10.2. The standard InChI is InChI=1S/C17H17N5OS2/c1-2-24-17-20-19-16(25-17)18-15(23)14-10-13(11-8-9-11)21-22(14)12-6-4-3-5-7-12/h3-7,10-11H,2,8-9H2,1H3,(H,18,19,23). The highest BCUT2D eigenvalue weighted by Crippen LogP contribution is 2.39. The zero-order valence-corrected chi connectivity index (χ0v) is 15.3. The van der Waals surface area contributed by atoms with E-state index in [-0.39, 0.29) is 5.91 Å². The highest BCUT2D eigenvalue weighted by Gasteiger charge is 2.29. The van der Waals surface area contributed by atoms with Crippen LogP contribution in [0.5, 0.6) is 0 Å². The van der Waals surface area contributed by atoms with E-state index in [4.69, 9.17) is 0 Å². The van der Waals surface area contributed by atoms with Crippen LogP contribution < -0.4 is 5.32 Å². The predicted molar refractivity (Wildman–Crippen MR) is 99.8 cm³/mol. The summed E-state index contributed by atoms with van der Waals surface area (Å²) in [5.41, 5.74) is 2.38. The number of nitrogens with one attached hydrogen (secondary N) is 1. The Kier molecular flexibility index (Phi) is 4.54. The molecule has 1 N–H and O–H groups in total. The number of thioether (sulfide) groups is 1. The minimum atomic E-state index is -0.215. The first-order chi connectivity index (χ1) is 12.2. The third-order valence-corrected chi connectivity index (χ3v) is 5.71. The lowest BCUT2D eigenvalue weighted by molar-refractivity contribution is 0.101. The number of amides is 1. The summed E-state index contributed by atoms with van der Waals surface area (Å²) in [6.07, 6.45) is 2.28. The fourth-order valence-electron chi connectivity index (χ4n) is 2.51. The number of carbonyl (C=O) groups excluding carboxylic acids is 1. The van der Waals surface area contributed by atoms with Crippen molar-refractivity contribution in [3.8, 4) is 5.69 Å². The molecule has 6 nitrogen and oxygen atoms in total. The molecule has 8 heteroatoms. The molecule has 4 rings (SSSR count). The Labute approximate surface area is 153 Å². The summed E-state index contributed by atoms with van der Waals surface area (Å²) in [6, 6.07) is 11.6. The van der Waals surface area contributed by atoms with Gasteiger partial charge in [-0.2, -0.15) is 5.10 Å². The smallest absolute Gasteiger partial charge is 0.276 e. The van der Waals surface area contributed by atoms with Crippen molar-refractivity contribution in [3.05, 3.63) is 47.8 Å². The van der Waals surface area contributed by atoms with Crippen LogP contribution in [0.4, 0.5) is 5.13 Å². The maximum absolute atomic E-state index is 12.8. The second kappa shape index (κ2) is 6.97. The first kappa shape index (κ1) is 16.3. The fraction of sp³-hybridized carbons (Fsp3) is 0.294. The molecule has 2 aromatic heterocycles. The van der Waals surface area contributed by atoms with Crippen LogP contribution in [0.25, 0.3) is 5.69 Å². The van der Waals surface area contributed by atoms with E-state index in [1.165, 1.54) is 11.3 Å². The first-order valence-corrected chi connectivity index (χ1v) is 9.98. The van der Waals surface area contributed by atoms with Gasteiger partial charge < -0.3 is 0 Å². The third-order valence-electron chi connectivity index (χ3n) is 3.85. The molecule has 1 aliphatic carbocycles. The van der Waals surface area contributed by atoms with E-state index in [2.05, 4.69) is 27.5 Å². The van der Waals surface area contributed by atoms with Crippen LogP contribution in [0.15, 0.2) is 40.7 Å². The summed E-state index contributed by atoms with van der Waals surface area (Å²) in [6.45, 7) is 2.06. The predicted octanol–water partition coefficient (Wildman–Crippen LogP) is 3.97. The summed E-state index contributed by atoms with van der Waals surface area (Å²) < 4.78 is 2.57. The number of hydrogen-bond acceptors (Lipinski definition) is 6. The zero-order valence-electron chi connectivity index (χ0n) is 13.7. The maximum atomic E-state index is 12.8. The molecule has 3 aromatic rings. The topological polar surface area (TPSA) is 72.7 Å². The largest absolute Gasteiger partial charge is 0.295 e. The third kappa shape index (κ3) is 3.59. The summed E-state index contributed by atoms with van der Waals surface area (Å²) in [7, 11) is 0. The molecular formula is C17H17N5OS2. The SMILES string of the molecule is CCSc1nnc(NC(=O)c2cc(C3CC3)nn2-c2ccccc2)s1. The molecule has 1 aliphatic rings. The molecule has 1 saturated carbocycles. The second-order valence-corrected chi connectivity index (χ2v) is 8.22. The Morgan fingerprint density at radius 3 is 2.84 bits per heavy atom. The molecule has 0 saturated heterocycles. The van der Waals surface area contributed by atoms with Crippen molar-refractivity contribution in [2.75, 3.05) is 11.1 Å². The van der Waals surface area contributed by atoms with Crippen LogP contribution in [-0.2, 0) is 0 Å². The van der Waals surface area contributed by atoms with Crippen molar-refractivity contribution in [1.29, 1.82) is 0 Å². The summed E-state index contributed by atoms with van der Waals surface area (Å²) in [4.78, 5) is 12.8. The zero-order chi connectivity index (χ0) is 17.2. The number of carbonyl (C=O) groups is 1. The van der Waals surface area contributed by atoms with Gasteiger partial charge in [0.15, 0.2) is 4.34 Å². The van der Waals surface area contributed by atoms with Crippen molar-refractivity contribution in [2.45, 2.75) is 30.0 Å². The highest BCUT2D eigenvalue weighted by atomic mass is 32.2. The van der Waals surface area contributed by atoms with Crippen molar-refractivity contribution in [3.63, 3.8) is 0 Å². The molecule has 2 heterocycles. The van der Waals surface area contributed by atoms with Crippen LogP contribution in [0.3, 0.4) is 0 Å². The number of benzene rings is 1. The minimum Gasteiger partial charge on any atom is -0.295 e. The van der Waals surface area contributed by atoms with Crippen LogP contribution in [0.2, 0.25) is 0 Å². The molecule has 1 fully saturated rings. The number of rotatable bonds is 6. The summed E-state index contributed by atoms with van der Waals surface area (Å²) in [5.74, 6) is 1.19. The Hall–Kier alpha value is -2.19. The minimum absolute atomic E-state index is 0.215. The fourth-order valence-corrected chi connectivity index (χ4v) is 4.15. The van der Waals surface area contributed by atoms with Crippen LogP contribution in [0.1, 0.15) is 41.9 Å². The van der Waals surface area contributed by atoms with Crippen molar-refractivity contribution in [1.82, 2.24) is 20.0 Å². The number of anilines is 1. The molecule has 0 radical (unpaired) electrons. The Morgan fingerprint density at radius 2 is 2.12 bits per heavy atom. The van der Waals surface area contributed by atoms with Gasteiger partial charge in [-0.25, -0.2) is 4.68 Å². The molecule has 0 unspecified atom stereocenters. The molecule has 0 aliphatic heterocycles. The monoisotopic (exact) mass is 371 g/mol. The van der Waals surface area contributed by atoms with Gasteiger partial charge in [0.2, 0.25) is 5.13 Å². The van der Waals surface area contributed by atoms with Gasteiger partial charge in [-0.15, -0.1) is 10.2 Å². The summed E-state index contributed by atoms with van der Waals surface area (Å²) in [5, 5.41) is 16.1. The normalized spacial score (nSPS) is 13.8. The van der Waals surface area contributed by atoms with Crippen LogP contribution >= 0.6 is 23.1 Å². The van der Waals surface area contributed by atoms with Gasteiger partial charge in [-0.1, -0.05) is 48.2 Å². The van der Waals surface area contributed by atoms with Crippen LogP contribution in [0, 0.1) is 0 Å². The Balaban J connectivity index is 1.62. The average molecular weight is 371 g/mol. The van der Waals surface area contributed by atoms with Gasteiger partial charge >= 0.3 is 0 Å². The number of para-hydroxylation sites is 1. The Bertz CT molecular complexity index is 886. The lowest BCUT2D eigenvalue weighted by Gasteiger charge is -2.06. The van der Waals surface area contributed by atoms with Gasteiger partial charge in [0.1, 0.15) is 5.69 Å². The number of hydrogen-bond donors (Lipinski definition) is 1. The molecule has 1 aromatic carbocycles. The van der Waals surface area contributed by atoms with Crippen LogP contribution in [-0.4, -0.2) is 31.6 Å². The highest BCUT2D eigenvalue weighted by molar-refractivity contribution is 8.01. The van der Waals surface area contributed by atoms with E-state index in [0.29, 0.717) is 16.7 Å². The first-order valence-electron chi connectivity index (χ1n) is 8.17. The van der Waals surface area contributed by atoms with Gasteiger partial charge in [-0.05, 0) is 36.8 Å². The molecular weight excluding hydrogens is 354 g/mol. The Morgan fingerprint density at radius 1 is 1.32 bits per heavy atom.